The number of anilines is 1. The highest BCUT2D eigenvalue weighted by Crippen LogP contribution is 2.31. The number of thiazole rings is 1. The number of rotatable bonds is 5. The Hall–Kier alpha value is -4.23. The molecule has 0 radical (unpaired) electrons. The lowest BCUT2D eigenvalue weighted by atomic mass is 9.95. The molecule has 180 valence electrons. The van der Waals surface area contributed by atoms with E-state index in [1.54, 1.807) is 11.7 Å². The molecule has 1 aromatic heterocycles. The lowest BCUT2D eigenvalue weighted by Crippen LogP contribution is -2.40. The fourth-order valence-corrected chi connectivity index (χ4v) is 5.39. The first-order chi connectivity index (χ1) is 17.4. The van der Waals surface area contributed by atoms with Crippen LogP contribution < -0.4 is 24.9 Å². The number of aryl methyl sites for hydroxylation is 1. The van der Waals surface area contributed by atoms with Crippen LogP contribution in [0.2, 0.25) is 0 Å². The molecule has 1 atom stereocenters. The standard InChI is InChI=1S/C29H25N3O3S/c1-18-8-7-9-20(16-18)17-24-28(34)32-26(21-12-14-23(35-3)15-13-21)25(19(2)30-29(32)36-24)27(33)31-22-10-5-4-6-11-22/h4-17,26H,1-3H3,(H,31,33)/b24-17+. The largest absolute Gasteiger partial charge is 0.497 e. The average Bonchev–Trinajstić information content (AvgIpc) is 3.18. The van der Waals surface area contributed by atoms with Crippen LogP contribution in [0.1, 0.15) is 29.7 Å². The second-order valence-corrected chi connectivity index (χ2v) is 9.60. The molecule has 1 aliphatic heterocycles. The molecule has 3 aromatic carbocycles. The summed E-state index contributed by atoms with van der Waals surface area (Å²) in [6.45, 7) is 3.83. The molecule has 6 nitrogen and oxygen atoms in total. The van der Waals surface area contributed by atoms with Gasteiger partial charge in [-0.1, -0.05) is 71.5 Å². The van der Waals surface area contributed by atoms with Gasteiger partial charge in [0.2, 0.25) is 0 Å². The van der Waals surface area contributed by atoms with Crippen LogP contribution in [-0.4, -0.2) is 17.6 Å². The van der Waals surface area contributed by atoms with Crippen LogP contribution in [0.4, 0.5) is 5.69 Å². The number of carbonyl (C=O) groups excluding carboxylic acids is 1. The highest BCUT2D eigenvalue weighted by atomic mass is 32.1. The van der Waals surface area contributed by atoms with Crippen molar-refractivity contribution in [3.8, 4) is 5.75 Å². The number of nitrogens with one attached hydrogen (secondary N) is 1. The second kappa shape index (κ2) is 9.79. The van der Waals surface area contributed by atoms with Gasteiger partial charge >= 0.3 is 0 Å². The molecule has 0 saturated carbocycles. The molecule has 1 N–H and O–H groups in total. The Labute approximate surface area is 212 Å². The van der Waals surface area contributed by atoms with Crippen LogP contribution in [0, 0.1) is 6.92 Å². The first-order valence-corrected chi connectivity index (χ1v) is 12.4. The quantitative estimate of drug-likeness (QED) is 0.451. The summed E-state index contributed by atoms with van der Waals surface area (Å²) in [5.74, 6) is 0.401. The molecule has 2 heterocycles. The second-order valence-electron chi connectivity index (χ2n) is 8.59. The van der Waals surface area contributed by atoms with E-state index in [1.165, 1.54) is 11.3 Å². The van der Waals surface area contributed by atoms with Crippen LogP contribution in [0.15, 0.2) is 99.9 Å². The van der Waals surface area contributed by atoms with Crippen LogP contribution in [0.5, 0.6) is 5.75 Å². The molecule has 1 aliphatic rings. The van der Waals surface area contributed by atoms with E-state index in [0.29, 0.717) is 32.0 Å². The normalized spacial score (nSPS) is 15.3. The SMILES string of the molecule is COc1ccc(C2C(C(=O)Nc3ccccc3)=C(C)N=c3s/c(=C/c4cccc(C)c4)c(=O)n32)cc1. The van der Waals surface area contributed by atoms with Crippen molar-refractivity contribution in [2.75, 3.05) is 12.4 Å². The van der Waals surface area contributed by atoms with E-state index in [0.717, 1.165) is 16.7 Å². The van der Waals surface area contributed by atoms with Crippen molar-refractivity contribution in [2.45, 2.75) is 19.9 Å². The third-order valence-corrected chi connectivity index (χ3v) is 7.05. The summed E-state index contributed by atoms with van der Waals surface area (Å²) in [5.41, 5.74) is 4.35. The maximum Gasteiger partial charge on any atom is 0.271 e. The van der Waals surface area contributed by atoms with Gasteiger partial charge in [-0.3, -0.25) is 14.2 Å². The number of hydrogen-bond donors (Lipinski definition) is 1. The maximum absolute atomic E-state index is 13.7. The van der Waals surface area contributed by atoms with E-state index in [9.17, 15) is 9.59 Å². The highest BCUT2D eigenvalue weighted by molar-refractivity contribution is 7.07. The van der Waals surface area contributed by atoms with E-state index in [4.69, 9.17) is 9.73 Å². The number of methoxy groups -OCH3 is 1. The zero-order valence-electron chi connectivity index (χ0n) is 20.2. The molecule has 36 heavy (non-hydrogen) atoms. The number of carbonyl (C=O) groups is 1. The molecule has 0 bridgehead atoms. The van der Waals surface area contributed by atoms with Crippen molar-refractivity contribution in [1.82, 2.24) is 4.57 Å². The van der Waals surface area contributed by atoms with E-state index >= 15 is 0 Å². The summed E-state index contributed by atoms with van der Waals surface area (Å²) >= 11 is 1.33. The maximum atomic E-state index is 13.7. The minimum Gasteiger partial charge on any atom is -0.497 e. The predicted octanol–water partition coefficient (Wildman–Crippen LogP) is 4.19. The lowest BCUT2D eigenvalue weighted by Gasteiger charge is -2.25. The molecule has 1 amide bonds. The van der Waals surface area contributed by atoms with Crippen LogP contribution in [-0.2, 0) is 4.79 Å². The molecule has 7 heteroatoms. The number of ether oxygens (including phenoxy) is 1. The molecule has 0 aliphatic carbocycles. The van der Waals surface area contributed by atoms with Gasteiger partial charge in [0.25, 0.3) is 11.5 Å². The van der Waals surface area contributed by atoms with Gasteiger partial charge in [0.15, 0.2) is 4.80 Å². The van der Waals surface area contributed by atoms with Crippen molar-refractivity contribution in [3.63, 3.8) is 0 Å². The van der Waals surface area contributed by atoms with Crippen LogP contribution >= 0.6 is 11.3 Å². The molecule has 0 saturated heterocycles. The Morgan fingerprint density at radius 1 is 1.03 bits per heavy atom. The van der Waals surface area contributed by atoms with Crippen molar-refractivity contribution in [1.29, 1.82) is 0 Å². The van der Waals surface area contributed by atoms with Crippen molar-refractivity contribution in [2.24, 2.45) is 4.99 Å². The zero-order valence-corrected chi connectivity index (χ0v) is 21.0. The summed E-state index contributed by atoms with van der Waals surface area (Å²) in [7, 11) is 1.60. The van der Waals surface area contributed by atoms with Gasteiger partial charge in [0, 0.05) is 5.69 Å². The third-order valence-electron chi connectivity index (χ3n) is 6.07. The van der Waals surface area contributed by atoms with Gasteiger partial charge in [0.1, 0.15) is 5.75 Å². The van der Waals surface area contributed by atoms with E-state index in [-0.39, 0.29) is 11.5 Å². The van der Waals surface area contributed by atoms with Gasteiger partial charge in [-0.15, -0.1) is 0 Å². The summed E-state index contributed by atoms with van der Waals surface area (Å²) < 4.78 is 7.51. The molecule has 0 fully saturated rings. The molecule has 5 rings (SSSR count). The summed E-state index contributed by atoms with van der Waals surface area (Å²) in [4.78, 5) is 32.6. The molecule has 0 spiro atoms. The average molecular weight is 496 g/mol. The number of fused-ring (bicyclic) bond motifs is 1. The highest BCUT2D eigenvalue weighted by Gasteiger charge is 2.32. The van der Waals surface area contributed by atoms with Crippen molar-refractivity contribution in [3.05, 3.63) is 127 Å². The number of amides is 1. The topological polar surface area (TPSA) is 72.7 Å². The zero-order chi connectivity index (χ0) is 25.2. The van der Waals surface area contributed by atoms with Crippen LogP contribution in [0.3, 0.4) is 0 Å². The Bertz CT molecular complexity index is 1650. The van der Waals surface area contributed by atoms with E-state index < -0.39 is 6.04 Å². The minimum atomic E-state index is -0.629. The monoisotopic (exact) mass is 495 g/mol. The first-order valence-electron chi connectivity index (χ1n) is 11.5. The fraction of sp³-hybridized carbons (Fsp3) is 0.138. The third kappa shape index (κ3) is 4.53. The number of para-hydroxylation sites is 1. The molecule has 1 unspecified atom stereocenters. The van der Waals surface area contributed by atoms with Crippen molar-refractivity contribution >= 4 is 29.0 Å². The van der Waals surface area contributed by atoms with Crippen LogP contribution in [0.25, 0.3) is 6.08 Å². The molecular formula is C29H25N3O3S. The fourth-order valence-electron chi connectivity index (χ4n) is 4.34. The predicted molar refractivity (Wildman–Crippen MR) is 143 cm³/mol. The van der Waals surface area contributed by atoms with E-state index in [2.05, 4.69) is 5.32 Å². The number of allylic oxidation sites excluding steroid dienone is 1. The van der Waals surface area contributed by atoms with Gasteiger partial charge in [-0.2, -0.15) is 0 Å². The molecular weight excluding hydrogens is 470 g/mol. The number of hydrogen-bond acceptors (Lipinski definition) is 5. The lowest BCUT2D eigenvalue weighted by molar-refractivity contribution is -0.113. The van der Waals surface area contributed by atoms with Gasteiger partial charge in [-0.25, -0.2) is 4.99 Å². The Kier molecular flexibility index (Phi) is 6.40. The summed E-state index contributed by atoms with van der Waals surface area (Å²) in [6, 6.07) is 24.1. The molecule has 4 aromatic rings. The Balaban J connectivity index is 1.68. The number of nitrogens with zero attached hydrogens (tertiary/aromatic N) is 2. The summed E-state index contributed by atoms with van der Waals surface area (Å²) in [5, 5.41) is 2.97. The van der Waals surface area contributed by atoms with E-state index in [1.807, 2.05) is 98.8 Å². The van der Waals surface area contributed by atoms with Gasteiger partial charge in [-0.05, 0) is 55.3 Å². The number of benzene rings is 3. The Morgan fingerprint density at radius 2 is 1.78 bits per heavy atom. The van der Waals surface area contributed by atoms with Crippen molar-refractivity contribution < 1.29 is 9.53 Å². The summed E-state index contributed by atoms with van der Waals surface area (Å²) in [6.07, 6.45) is 1.88. The minimum absolute atomic E-state index is 0.182. The Morgan fingerprint density at radius 3 is 2.47 bits per heavy atom. The van der Waals surface area contributed by atoms with Gasteiger partial charge < -0.3 is 10.1 Å². The number of aromatic nitrogens is 1. The first kappa shape index (κ1) is 23.5. The smallest absolute Gasteiger partial charge is 0.271 e. The van der Waals surface area contributed by atoms with Gasteiger partial charge in [0.05, 0.1) is 29.0 Å².